The highest BCUT2D eigenvalue weighted by atomic mass is 79.9. The van der Waals surface area contributed by atoms with Crippen LogP contribution in [0, 0.1) is 13.8 Å². The zero-order valence-corrected chi connectivity index (χ0v) is 10.4. The molecule has 0 aliphatic rings. The highest BCUT2D eigenvalue weighted by Gasteiger charge is 2.03. The number of nitrogens with zero attached hydrogens (tertiary/aromatic N) is 1. The van der Waals surface area contributed by atoms with Gasteiger partial charge in [0.2, 0.25) is 0 Å². The van der Waals surface area contributed by atoms with Crippen LogP contribution in [-0.2, 0) is 0 Å². The zero-order chi connectivity index (χ0) is 10.8. The summed E-state index contributed by atoms with van der Waals surface area (Å²) in [7, 11) is 0. The van der Waals surface area contributed by atoms with Gasteiger partial charge in [-0.05, 0) is 42.7 Å². The lowest BCUT2D eigenvalue weighted by atomic mass is 10.0. The minimum Gasteiger partial charge on any atom is -0.264 e. The lowest BCUT2D eigenvalue weighted by Gasteiger charge is -2.06. The number of hydrogen-bond donors (Lipinski definition) is 0. The standard InChI is InChI=1S/C13H12BrN/c1-9-5-6-15-8-12(9)11-4-3-10(2)13(14)7-11/h3-8H,1-2H3. The minimum absolute atomic E-state index is 1.14. The third-order valence-electron chi connectivity index (χ3n) is 2.52. The maximum atomic E-state index is 4.16. The summed E-state index contributed by atoms with van der Waals surface area (Å²) in [6.45, 7) is 4.19. The Kier molecular flexibility index (Phi) is 2.87. The van der Waals surface area contributed by atoms with Gasteiger partial charge in [0.05, 0.1) is 0 Å². The number of rotatable bonds is 1. The normalized spacial score (nSPS) is 10.3. The Bertz CT molecular complexity index is 492. The van der Waals surface area contributed by atoms with E-state index < -0.39 is 0 Å². The van der Waals surface area contributed by atoms with Crippen molar-refractivity contribution in [2.24, 2.45) is 0 Å². The van der Waals surface area contributed by atoms with Gasteiger partial charge in [0.15, 0.2) is 0 Å². The Hall–Kier alpha value is -1.15. The predicted molar refractivity (Wildman–Crippen MR) is 66.8 cm³/mol. The van der Waals surface area contributed by atoms with Gasteiger partial charge in [-0.3, -0.25) is 4.98 Å². The molecular formula is C13H12BrN. The summed E-state index contributed by atoms with van der Waals surface area (Å²) in [4.78, 5) is 4.16. The van der Waals surface area contributed by atoms with Crippen molar-refractivity contribution in [1.29, 1.82) is 0 Å². The molecule has 0 atom stereocenters. The second-order valence-corrected chi connectivity index (χ2v) is 4.51. The topological polar surface area (TPSA) is 12.9 Å². The average Bonchev–Trinajstić information content (AvgIpc) is 2.23. The van der Waals surface area contributed by atoms with Crippen LogP contribution in [0.2, 0.25) is 0 Å². The molecule has 1 heterocycles. The molecule has 0 unspecified atom stereocenters. The molecule has 0 spiro atoms. The third-order valence-corrected chi connectivity index (χ3v) is 3.38. The maximum absolute atomic E-state index is 4.16. The number of aromatic nitrogens is 1. The number of pyridine rings is 1. The Labute approximate surface area is 98.3 Å². The van der Waals surface area contributed by atoms with E-state index in [0.29, 0.717) is 0 Å². The third kappa shape index (κ3) is 2.10. The summed E-state index contributed by atoms with van der Waals surface area (Å²) in [6.07, 6.45) is 3.73. The Morgan fingerprint density at radius 1 is 1.07 bits per heavy atom. The van der Waals surface area contributed by atoms with Crippen LogP contribution in [0.1, 0.15) is 11.1 Å². The van der Waals surface area contributed by atoms with Gasteiger partial charge in [0.25, 0.3) is 0 Å². The van der Waals surface area contributed by atoms with E-state index in [1.54, 1.807) is 0 Å². The van der Waals surface area contributed by atoms with Crippen LogP contribution in [-0.4, -0.2) is 4.98 Å². The molecule has 0 saturated heterocycles. The SMILES string of the molecule is Cc1ccc(-c2cnccc2C)cc1Br. The fourth-order valence-electron chi connectivity index (χ4n) is 1.53. The smallest absolute Gasteiger partial charge is 0.0349 e. The summed E-state index contributed by atoms with van der Waals surface area (Å²) in [6, 6.07) is 8.42. The highest BCUT2D eigenvalue weighted by molar-refractivity contribution is 9.10. The van der Waals surface area contributed by atoms with Crippen molar-refractivity contribution in [1.82, 2.24) is 4.98 Å². The van der Waals surface area contributed by atoms with E-state index in [4.69, 9.17) is 0 Å². The molecule has 0 aliphatic carbocycles. The molecule has 1 aromatic heterocycles. The van der Waals surface area contributed by atoms with E-state index in [2.05, 4.69) is 53.0 Å². The van der Waals surface area contributed by atoms with Crippen molar-refractivity contribution in [3.63, 3.8) is 0 Å². The second-order valence-electron chi connectivity index (χ2n) is 3.65. The first-order chi connectivity index (χ1) is 7.18. The van der Waals surface area contributed by atoms with Crippen molar-refractivity contribution in [2.75, 3.05) is 0 Å². The van der Waals surface area contributed by atoms with Gasteiger partial charge in [-0.1, -0.05) is 28.1 Å². The molecule has 0 radical (unpaired) electrons. The van der Waals surface area contributed by atoms with E-state index in [1.807, 2.05) is 18.5 Å². The molecule has 0 amide bonds. The number of aryl methyl sites for hydroxylation is 2. The van der Waals surface area contributed by atoms with E-state index >= 15 is 0 Å². The molecule has 0 bridgehead atoms. The maximum Gasteiger partial charge on any atom is 0.0349 e. The second kappa shape index (κ2) is 4.15. The van der Waals surface area contributed by atoms with E-state index in [0.717, 1.165) is 4.47 Å². The number of hydrogen-bond acceptors (Lipinski definition) is 1. The molecule has 2 heteroatoms. The lowest BCUT2D eigenvalue weighted by Crippen LogP contribution is -1.85. The minimum atomic E-state index is 1.14. The number of benzene rings is 1. The largest absolute Gasteiger partial charge is 0.264 e. The van der Waals surface area contributed by atoms with Crippen molar-refractivity contribution < 1.29 is 0 Å². The van der Waals surface area contributed by atoms with Gasteiger partial charge < -0.3 is 0 Å². The van der Waals surface area contributed by atoms with Crippen LogP contribution in [0.3, 0.4) is 0 Å². The lowest BCUT2D eigenvalue weighted by molar-refractivity contribution is 1.28. The summed E-state index contributed by atoms with van der Waals surface area (Å²) in [5, 5.41) is 0. The van der Waals surface area contributed by atoms with Gasteiger partial charge in [0, 0.05) is 22.4 Å². The van der Waals surface area contributed by atoms with E-state index in [-0.39, 0.29) is 0 Å². The molecule has 0 fully saturated rings. The van der Waals surface area contributed by atoms with Crippen molar-refractivity contribution >= 4 is 15.9 Å². The van der Waals surface area contributed by atoms with Crippen molar-refractivity contribution in [3.8, 4) is 11.1 Å². The molecule has 2 rings (SSSR count). The Balaban J connectivity index is 2.55. The van der Waals surface area contributed by atoms with Crippen LogP contribution in [0.15, 0.2) is 41.1 Å². The number of halogens is 1. The fraction of sp³-hybridized carbons (Fsp3) is 0.154. The Morgan fingerprint density at radius 3 is 2.53 bits per heavy atom. The van der Waals surface area contributed by atoms with Gasteiger partial charge >= 0.3 is 0 Å². The van der Waals surface area contributed by atoms with Crippen molar-refractivity contribution in [2.45, 2.75) is 13.8 Å². The van der Waals surface area contributed by atoms with Crippen molar-refractivity contribution in [3.05, 3.63) is 52.3 Å². The molecule has 0 N–H and O–H groups in total. The van der Waals surface area contributed by atoms with E-state index in [1.165, 1.54) is 22.3 Å². The summed E-state index contributed by atoms with van der Waals surface area (Å²) in [5.41, 5.74) is 4.90. The molecule has 15 heavy (non-hydrogen) atoms. The first-order valence-corrected chi connectivity index (χ1v) is 5.65. The highest BCUT2D eigenvalue weighted by Crippen LogP contribution is 2.26. The summed E-state index contributed by atoms with van der Waals surface area (Å²) < 4.78 is 1.14. The van der Waals surface area contributed by atoms with E-state index in [9.17, 15) is 0 Å². The first kappa shape index (κ1) is 10.4. The van der Waals surface area contributed by atoms with Gasteiger partial charge in [0.1, 0.15) is 0 Å². The quantitative estimate of drug-likeness (QED) is 0.753. The zero-order valence-electron chi connectivity index (χ0n) is 8.79. The molecule has 1 nitrogen and oxygen atoms in total. The van der Waals surface area contributed by atoms with Gasteiger partial charge in [-0.25, -0.2) is 0 Å². The van der Waals surface area contributed by atoms with Crippen LogP contribution >= 0.6 is 15.9 Å². The van der Waals surface area contributed by atoms with Gasteiger partial charge in [-0.2, -0.15) is 0 Å². The first-order valence-electron chi connectivity index (χ1n) is 4.85. The average molecular weight is 262 g/mol. The van der Waals surface area contributed by atoms with Crippen LogP contribution < -0.4 is 0 Å². The Morgan fingerprint density at radius 2 is 1.87 bits per heavy atom. The monoisotopic (exact) mass is 261 g/mol. The summed E-state index contributed by atoms with van der Waals surface area (Å²) >= 11 is 3.55. The molecule has 2 aromatic rings. The van der Waals surface area contributed by atoms with Crippen LogP contribution in [0.25, 0.3) is 11.1 Å². The molecule has 1 aromatic carbocycles. The molecular weight excluding hydrogens is 250 g/mol. The molecule has 0 aliphatic heterocycles. The molecule has 76 valence electrons. The predicted octanol–water partition coefficient (Wildman–Crippen LogP) is 4.13. The summed E-state index contributed by atoms with van der Waals surface area (Å²) in [5.74, 6) is 0. The fourth-order valence-corrected chi connectivity index (χ4v) is 1.91. The van der Waals surface area contributed by atoms with Crippen LogP contribution in [0.5, 0.6) is 0 Å². The van der Waals surface area contributed by atoms with Crippen LogP contribution in [0.4, 0.5) is 0 Å². The van der Waals surface area contributed by atoms with Gasteiger partial charge in [-0.15, -0.1) is 0 Å². The molecule has 0 saturated carbocycles.